The third kappa shape index (κ3) is 18.6. The van der Waals surface area contributed by atoms with Crippen molar-refractivity contribution in [1.82, 2.24) is 0 Å². The van der Waals surface area contributed by atoms with E-state index < -0.39 is 0 Å². The van der Waals surface area contributed by atoms with Gasteiger partial charge < -0.3 is 2.85 Å². The Hall–Kier alpha value is 3.45. The quantitative estimate of drug-likeness (QED) is 0.499. The van der Waals surface area contributed by atoms with Crippen molar-refractivity contribution in [1.29, 1.82) is 0 Å². The van der Waals surface area contributed by atoms with Gasteiger partial charge in [0.05, 0.1) is 0 Å². The average Bonchev–Trinajstić information content (AvgIpc) is 0. The molecule has 0 atom stereocenters. The van der Waals surface area contributed by atoms with Crippen LogP contribution in [0.3, 0.4) is 0 Å². The van der Waals surface area contributed by atoms with Crippen LogP contribution in [0, 0.1) is 0 Å². The van der Waals surface area contributed by atoms with E-state index in [4.69, 9.17) is 0 Å². The first-order chi connectivity index (χ1) is 0. The first-order valence-corrected chi connectivity index (χ1v) is 0. The zero-order chi connectivity index (χ0) is 0. The number of hydrogen-bond donors (Lipinski definition) is 0. The van der Waals surface area contributed by atoms with Gasteiger partial charge in [0.1, 0.15) is 0 Å². The molecular formula is H4CaCrFeSeZn. The van der Waals surface area contributed by atoms with Gasteiger partial charge in [-0.05, 0) is 0 Å². The summed E-state index contributed by atoms with van der Waals surface area (Å²) >= 11 is 0. The van der Waals surface area contributed by atoms with Crippen LogP contribution in [0.25, 0.3) is 0 Å². The first kappa shape index (κ1) is 39.4. The van der Waals surface area contributed by atoms with Crippen LogP contribution in [-0.4, -0.2) is 54.8 Å². The third-order valence-corrected chi connectivity index (χ3v) is 0. The van der Waals surface area contributed by atoms with Crippen LogP contribution in [-0.2, 0) is 53.9 Å². The molecule has 0 aliphatic heterocycles. The molecule has 0 aromatic rings. The van der Waals surface area contributed by atoms with Crippen LogP contribution < -0.4 is 0 Å². The van der Waals surface area contributed by atoms with Crippen LogP contribution in [0.4, 0.5) is 0 Å². The molecule has 28 valence electrons. The summed E-state index contributed by atoms with van der Waals surface area (Å²) in [6, 6.07) is 0. The fourth-order valence-corrected chi connectivity index (χ4v) is 0. The van der Waals surface area contributed by atoms with Gasteiger partial charge in [-0.1, -0.05) is 0 Å². The normalized spacial score (nSPS) is 0. The monoisotopic (exact) mass is 296 g/mol. The van der Waals surface area contributed by atoms with Gasteiger partial charge in [-0.3, -0.25) is 0 Å². The van der Waals surface area contributed by atoms with Crippen molar-refractivity contribution in [2.24, 2.45) is 0 Å². The topological polar surface area (TPSA) is 0 Å². The fourth-order valence-electron chi connectivity index (χ4n) is 0. The van der Waals surface area contributed by atoms with E-state index in [1.165, 1.54) is 0 Å². The van der Waals surface area contributed by atoms with Crippen LogP contribution in [0.5, 0.6) is 0 Å². The summed E-state index contributed by atoms with van der Waals surface area (Å²) in [6.07, 6.45) is 0. The Morgan fingerprint density at radius 3 is 1.20 bits per heavy atom. The summed E-state index contributed by atoms with van der Waals surface area (Å²) in [7, 11) is 0. The molecule has 5 heteroatoms. The van der Waals surface area contributed by atoms with Crippen molar-refractivity contribution in [3.63, 3.8) is 0 Å². The largest absolute Gasteiger partial charge is 0 e. The van der Waals surface area contributed by atoms with Gasteiger partial charge >= 0.3 is 54.8 Å². The van der Waals surface area contributed by atoms with E-state index in [0.717, 1.165) is 0 Å². The summed E-state index contributed by atoms with van der Waals surface area (Å²) < 4.78 is 0. The van der Waals surface area contributed by atoms with Crippen molar-refractivity contribution in [2.45, 2.75) is 0 Å². The molecule has 0 aliphatic rings. The van der Waals surface area contributed by atoms with Crippen molar-refractivity contribution in [2.75, 3.05) is 0 Å². The Morgan fingerprint density at radius 2 is 1.20 bits per heavy atom. The second-order valence-corrected chi connectivity index (χ2v) is 0. The van der Waals surface area contributed by atoms with Gasteiger partial charge in [-0.25, -0.2) is 0 Å². The molecule has 0 aliphatic carbocycles. The van der Waals surface area contributed by atoms with Crippen molar-refractivity contribution >= 4 is 54.8 Å². The number of hydrogen-bond acceptors (Lipinski definition) is 0. The maximum atomic E-state index is 0. The van der Waals surface area contributed by atoms with Crippen molar-refractivity contribution in [3.8, 4) is 0 Å². The summed E-state index contributed by atoms with van der Waals surface area (Å²) in [6.45, 7) is 0. The Labute approximate surface area is 109 Å². The molecule has 0 nitrogen and oxygen atoms in total. The molecule has 0 N–H and O–H groups in total. The second kappa shape index (κ2) is 26.0. The van der Waals surface area contributed by atoms with Gasteiger partial charge in [0.15, 0.2) is 0 Å². The third-order valence-electron chi connectivity index (χ3n) is 0. The molecule has 0 spiro atoms. The van der Waals surface area contributed by atoms with Gasteiger partial charge in [-0.2, -0.15) is 0 Å². The Kier molecular flexibility index (Phi) is 205. The SMILES string of the molecule is [Ca+2].[Cr].[Fe].[H-].[H-].[SeH2].[Zn]. The van der Waals surface area contributed by atoms with Gasteiger partial charge in [0.25, 0.3) is 0 Å². The van der Waals surface area contributed by atoms with Crippen molar-refractivity contribution in [3.05, 3.63) is 0 Å². The van der Waals surface area contributed by atoms with Gasteiger partial charge in [-0.15, -0.1) is 0 Å². The van der Waals surface area contributed by atoms with Crippen LogP contribution >= 0.6 is 0 Å². The number of rotatable bonds is 0. The van der Waals surface area contributed by atoms with E-state index in [1.807, 2.05) is 0 Å². The van der Waals surface area contributed by atoms with Crippen molar-refractivity contribution < 1.29 is 56.8 Å². The molecule has 0 unspecified atom stereocenters. The van der Waals surface area contributed by atoms with Gasteiger partial charge in [0.2, 0.25) is 0 Å². The summed E-state index contributed by atoms with van der Waals surface area (Å²) in [5.74, 6) is 0. The molecule has 0 radical (unpaired) electrons. The summed E-state index contributed by atoms with van der Waals surface area (Å²) in [4.78, 5) is 0. The molecule has 0 saturated heterocycles. The molecule has 0 fully saturated rings. The Morgan fingerprint density at radius 1 is 1.20 bits per heavy atom. The maximum absolute atomic E-state index is 0. The second-order valence-electron chi connectivity index (χ2n) is 0. The molecule has 5 heavy (non-hydrogen) atoms. The molecule has 0 bridgehead atoms. The predicted octanol–water partition coefficient (Wildman–Crippen LogP) is -1.08. The molecule has 0 heterocycles. The first-order valence-electron chi connectivity index (χ1n) is 0. The minimum Gasteiger partial charge on any atom is 0 e. The molecule has 0 aromatic heterocycles. The predicted molar refractivity (Wildman–Crippen MR) is 16.5 cm³/mol. The minimum atomic E-state index is 0. The zero-order valence-corrected chi connectivity index (χ0v) is 12.3. The fraction of sp³-hybridized carbons (Fsp3) is 0. The average molecular weight is 296 g/mol. The van der Waals surface area contributed by atoms with E-state index in [9.17, 15) is 0 Å². The molecule has 0 amide bonds. The zero-order valence-electron chi connectivity index (χ0n) is 4.68. The van der Waals surface area contributed by atoms with Crippen LogP contribution in [0.2, 0.25) is 0 Å². The molecule has 0 saturated carbocycles. The standard InChI is InChI=1S/Ca.Cr.Fe.H2Se.Zn.2H/h;;;1H2;;;/q+2;;;;;2*-1. The van der Waals surface area contributed by atoms with Crippen LogP contribution in [0.15, 0.2) is 0 Å². The molecule has 0 rings (SSSR count). The van der Waals surface area contributed by atoms with E-state index >= 15 is 0 Å². The summed E-state index contributed by atoms with van der Waals surface area (Å²) in [5, 5.41) is 0. The van der Waals surface area contributed by atoms with E-state index in [0.29, 0.717) is 0 Å². The Bertz CT molecular complexity index is 17.7. The van der Waals surface area contributed by atoms with Crippen LogP contribution in [0.1, 0.15) is 2.85 Å². The summed E-state index contributed by atoms with van der Waals surface area (Å²) in [5.41, 5.74) is 0. The van der Waals surface area contributed by atoms with E-state index in [2.05, 4.69) is 0 Å². The van der Waals surface area contributed by atoms with E-state index in [1.54, 1.807) is 0 Å². The van der Waals surface area contributed by atoms with Gasteiger partial charge in [0, 0.05) is 53.9 Å². The molecular weight excluding hydrogens is 292 g/mol. The Balaban J connectivity index is 0. The smallest absolute Gasteiger partial charge is 0 e. The maximum Gasteiger partial charge on any atom is 0 e. The minimum absolute atomic E-state index is 0. The van der Waals surface area contributed by atoms with E-state index in [-0.39, 0.29) is 112 Å². The molecule has 0 aromatic carbocycles.